The van der Waals surface area contributed by atoms with Crippen LogP contribution in [-0.2, 0) is 0 Å². The molecule has 2 aromatic heterocycles. The van der Waals surface area contributed by atoms with Crippen LogP contribution >= 0.6 is 22.9 Å². The number of hydrogen-bond acceptors (Lipinski definition) is 4. The fraction of sp³-hybridized carbons (Fsp3) is 0.211. The van der Waals surface area contributed by atoms with Crippen LogP contribution in [0.25, 0.3) is 11.3 Å². The van der Waals surface area contributed by atoms with E-state index in [2.05, 4.69) is 16.9 Å². The Kier molecular flexibility index (Phi) is 5.96. The number of halogens is 2. The first-order chi connectivity index (χ1) is 12.6. The van der Waals surface area contributed by atoms with E-state index in [-0.39, 0.29) is 11.7 Å². The zero-order valence-corrected chi connectivity index (χ0v) is 15.7. The number of aromatic nitrogens is 2. The van der Waals surface area contributed by atoms with Crippen molar-refractivity contribution in [3.05, 3.63) is 64.5 Å². The molecular formula is C19H17ClFN3OS. The van der Waals surface area contributed by atoms with Crippen LogP contribution < -0.4 is 4.90 Å². The van der Waals surface area contributed by atoms with Gasteiger partial charge in [0.15, 0.2) is 5.13 Å². The zero-order valence-electron chi connectivity index (χ0n) is 14.2. The molecule has 0 aliphatic carbocycles. The molecule has 1 aromatic carbocycles. The van der Waals surface area contributed by atoms with E-state index in [4.69, 9.17) is 11.6 Å². The van der Waals surface area contributed by atoms with Crippen molar-refractivity contribution in [1.82, 2.24) is 9.97 Å². The van der Waals surface area contributed by atoms with Gasteiger partial charge in [-0.3, -0.25) is 9.69 Å². The minimum atomic E-state index is -0.292. The first kappa shape index (κ1) is 18.5. The fourth-order valence-corrected chi connectivity index (χ4v) is 3.37. The molecule has 0 bridgehead atoms. The third-order valence-electron chi connectivity index (χ3n) is 3.82. The highest BCUT2D eigenvalue weighted by Crippen LogP contribution is 2.29. The van der Waals surface area contributed by atoms with Crippen molar-refractivity contribution in [2.75, 3.05) is 11.4 Å². The van der Waals surface area contributed by atoms with E-state index in [0.29, 0.717) is 28.1 Å². The van der Waals surface area contributed by atoms with Crippen LogP contribution in [0.5, 0.6) is 0 Å². The second-order valence-corrected chi connectivity index (χ2v) is 6.93. The van der Waals surface area contributed by atoms with Crippen molar-refractivity contribution < 1.29 is 9.18 Å². The number of amides is 1. The first-order valence-corrected chi connectivity index (χ1v) is 9.49. The Morgan fingerprint density at radius 2 is 2.00 bits per heavy atom. The normalized spacial score (nSPS) is 10.7. The predicted molar refractivity (Wildman–Crippen MR) is 103 cm³/mol. The maximum absolute atomic E-state index is 13.1. The summed E-state index contributed by atoms with van der Waals surface area (Å²) in [5.41, 5.74) is 1.99. The monoisotopic (exact) mass is 389 g/mol. The van der Waals surface area contributed by atoms with Crippen LogP contribution in [0.15, 0.2) is 48.0 Å². The third-order valence-corrected chi connectivity index (χ3v) is 4.90. The van der Waals surface area contributed by atoms with Crippen molar-refractivity contribution in [3.8, 4) is 11.3 Å². The lowest BCUT2D eigenvalue weighted by molar-refractivity contribution is 0.0986. The smallest absolute Gasteiger partial charge is 0.261 e. The van der Waals surface area contributed by atoms with E-state index in [0.717, 1.165) is 18.4 Å². The second-order valence-electron chi connectivity index (χ2n) is 5.70. The third kappa shape index (κ3) is 4.26. The molecule has 3 aromatic rings. The SMILES string of the molecule is CCCCN(C(=O)c1ccc(Cl)nc1)c1nc(-c2ccc(F)cc2)cs1. The highest BCUT2D eigenvalue weighted by molar-refractivity contribution is 7.14. The molecule has 0 radical (unpaired) electrons. The predicted octanol–water partition coefficient (Wildman–Crippen LogP) is 5.44. The molecular weight excluding hydrogens is 373 g/mol. The summed E-state index contributed by atoms with van der Waals surface area (Å²) in [7, 11) is 0. The molecule has 2 heterocycles. The van der Waals surface area contributed by atoms with Gasteiger partial charge in [0, 0.05) is 23.7 Å². The van der Waals surface area contributed by atoms with Gasteiger partial charge in [-0.05, 0) is 42.8 Å². The van der Waals surface area contributed by atoms with Crippen LogP contribution in [0, 0.1) is 5.82 Å². The lowest BCUT2D eigenvalue weighted by Gasteiger charge is -2.19. The molecule has 0 aliphatic heterocycles. The standard InChI is InChI=1S/C19H17ClFN3OS/c1-2-3-10-24(18(25)14-6-9-17(20)22-11-14)19-23-16(12-26-19)13-4-7-15(21)8-5-13/h4-9,11-12H,2-3,10H2,1H3. The number of pyridine rings is 1. The summed E-state index contributed by atoms with van der Waals surface area (Å²) >= 11 is 7.19. The molecule has 0 saturated carbocycles. The van der Waals surface area contributed by atoms with Crippen LogP contribution in [0.3, 0.4) is 0 Å². The number of rotatable bonds is 6. The minimum Gasteiger partial charge on any atom is -0.284 e. The molecule has 0 spiro atoms. The first-order valence-electron chi connectivity index (χ1n) is 8.23. The number of carbonyl (C=O) groups is 1. The van der Waals surface area contributed by atoms with Crippen molar-refractivity contribution >= 4 is 34.0 Å². The largest absolute Gasteiger partial charge is 0.284 e. The summed E-state index contributed by atoms with van der Waals surface area (Å²) in [4.78, 5) is 23.1. The van der Waals surface area contributed by atoms with Crippen LogP contribution in [0.2, 0.25) is 5.15 Å². The molecule has 0 aliphatic rings. The average Bonchev–Trinajstić information content (AvgIpc) is 3.13. The van der Waals surface area contributed by atoms with Gasteiger partial charge in [0.2, 0.25) is 0 Å². The lowest BCUT2D eigenvalue weighted by Crippen LogP contribution is -2.31. The lowest BCUT2D eigenvalue weighted by atomic mass is 10.2. The Bertz CT molecular complexity index is 881. The topological polar surface area (TPSA) is 46.1 Å². The number of benzene rings is 1. The zero-order chi connectivity index (χ0) is 18.5. The van der Waals surface area contributed by atoms with Gasteiger partial charge in [-0.15, -0.1) is 11.3 Å². The van der Waals surface area contributed by atoms with Gasteiger partial charge in [-0.2, -0.15) is 0 Å². The number of anilines is 1. The maximum Gasteiger partial charge on any atom is 0.261 e. The molecule has 26 heavy (non-hydrogen) atoms. The van der Waals surface area contributed by atoms with Crippen LogP contribution in [0.4, 0.5) is 9.52 Å². The Morgan fingerprint density at radius 3 is 2.65 bits per heavy atom. The van der Waals surface area contributed by atoms with Crippen molar-refractivity contribution in [2.24, 2.45) is 0 Å². The number of hydrogen-bond donors (Lipinski definition) is 0. The molecule has 134 valence electrons. The van der Waals surface area contributed by atoms with Crippen LogP contribution in [-0.4, -0.2) is 22.4 Å². The van der Waals surface area contributed by atoms with Gasteiger partial charge in [0.05, 0.1) is 11.3 Å². The molecule has 0 unspecified atom stereocenters. The fourth-order valence-electron chi connectivity index (χ4n) is 2.40. The van der Waals surface area contributed by atoms with Gasteiger partial charge in [-0.1, -0.05) is 24.9 Å². The summed E-state index contributed by atoms with van der Waals surface area (Å²) < 4.78 is 13.1. The van der Waals surface area contributed by atoms with E-state index >= 15 is 0 Å². The summed E-state index contributed by atoms with van der Waals surface area (Å²) in [6.45, 7) is 2.63. The van der Waals surface area contributed by atoms with Gasteiger partial charge in [0.1, 0.15) is 11.0 Å². The molecule has 0 N–H and O–H groups in total. The van der Waals surface area contributed by atoms with Crippen molar-refractivity contribution in [1.29, 1.82) is 0 Å². The Hall–Kier alpha value is -2.31. The minimum absolute atomic E-state index is 0.164. The molecule has 1 amide bonds. The number of nitrogens with zero attached hydrogens (tertiary/aromatic N) is 3. The van der Waals surface area contributed by atoms with Gasteiger partial charge in [0.25, 0.3) is 5.91 Å². The van der Waals surface area contributed by atoms with Crippen molar-refractivity contribution in [2.45, 2.75) is 19.8 Å². The average molecular weight is 390 g/mol. The van der Waals surface area contributed by atoms with Crippen LogP contribution in [0.1, 0.15) is 30.1 Å². The van der Waals surface area contributed by atoms with Gasteiger partial charge < -0.3 is 0 Å². The molecule has 7 heteroatoms. The number of unbranched alkanes of at least 4 members (excludes halogenated alkanes) is 1. The van der Waals surface area contributed by atoms with E-state index in [1.807, 2.05) is 5.38 Å². The van der Waals surface area contributed by atoms with E-state index in [9.17, 15) is 9.18 Å². The van der Waals surface area contributed by atoms with Crippen molar-refractivity contribution in [3.63, 3.8) is 0 Å². The van der Waals surface area contributed by atoms with Gasteiger partial charge in [-0.25, -0.2) is 14.4 Å². The number of carbonyl (C=O) groups excluding carboxylic acids is 1. The Morgan fingerprint density at radius 1 is 1.23 bits per heavy atom. The highest BCUT2D eigenvalue weighted by atomic mass is 35.5. The molecule has 4 nitrogen and oxygen atoms in total. The number of thiazole rings is 1. The van der Waals surface area contributed by atoms with E-state index in [1.54, 1.807) is 29.2 Å². The maximum atomic E-state index is 13.1. The molecule has 0 atom stereocenters. The van der Waals surface area contributed by atoms with E-state index < -0.39 is 0 Å². The summed E-state index contributed by atoms with van der Waals surface area (Å²) in [5, 5.41) is 2.82. The molecule has 0 fully saturated rings. The highest BCUT2D eigenvalue weighted by Gasteiger charge is 2.21. The molecule has 3 rings (SSSR count). The van der Waals surface area contributed by atoms with Gasteiger partial charge >= 0.3 is 0 Å². The quantitative estimate of drug-likeness (QED) is 0.527. The Balaban J connectivity index is 1.89. The Labute approximate surface area is 160 Å². The summed E-state index contributed by atoms with van der Waals surface area (Å²) in [5.74, 6) is -0.457. The summed E-state index contributed by atoms with van der Waals surface area (Å²) in [6.07, 6.45) is 3.29. The molecule has 0 saturated heterocycles. The second kappa shape index (κ2) is 8.38. The summed E-state index contributed by atoms with van der Waals surface area (Å²) in [6, 6.07) is 9.40. The van der Waals surface area contributed by atoms with E-state index in [1.165, 1.54) is 29.7 Å².